The number of carbonyl (C=O) groups excluding carboxylic acids is 1. The van der Waals surface area contributed by atoms with Crippen LogP contribution in [0.5, 0.6) is 0 Å². The molecule has 0 aliphatic carbocycles. The number of aliphatic hydroxyl groups is 1. The first-order chi connectivity index (χ1) is 10.7. The Balaban J connectivity index is 2.06. The third-order valence-corrected chi connectivity index (χ3v) is 3.21. The number of hydrogen-bond acceptors (Lipinski definition) is 3. The Hall–Kier alpha value is -2.46. The van der Waals surface area contributed by atoms with Gasteiger partial charge in [-0.2, -0.15) is 0 Å². The maximum atomic E-state index is 12.3. The summed E-state index contributed by atoms with van der Waals surface area (Å²) in [6, 6.07) is 11.7. The minimum Gasteiger partial charge on any atom is -0.395 e. The fourth-order valence-corrected chi connectivity index (χ4v) is 2.13. The lowest BCUT2D eigenvalue weighted by Gasteiger charge is -2.20. The van der Waals surface area contributed by atoms with E-state index in [1.54, 1.807) is 23.4 Å². The van der Waals surface area contributed by atoms with E-state index in [1.165, 1.54) is 6.08 Å². The van der Waals surface area contributed by atoms with Gasteiger partial charge in [-0.15, -0.1) is 0 Å². The summed E-state index contributed by atoms with van der Waals surface area (Å²) in [6.07, 6.45) is 6.75. The number of aliphatic hydroxyl groups excluding tert-OH is 1. The van der Waals surface area contributed by atoms with Crippen molar-refractivity contribution in [3.8, 4) is 0 Å². The van der Waals surface area contributed by atoms with Crippen LogP contribution in [-0.2, 0) is 11.3 Å². The van der Waals surface area contributed by atoms with Gasteiger partial charge in [0.1, 0.15) is 0 Å². The van der Waals surface area contributed by atoms with Gasteiger partial charge in [0.25, 0.3) is 0 Å². The second-order valence-corrected chi connectivity index (χ2v) is 5.10. The minimum atomic E-state index is -0.126. The first-order valence-corrected chi connectivity index (χ1v) is 7.22. The van der Waals surface area contributed by atoms with Gasteiger partial charge in [0.2, 0.25) is 5.91 Å². The zero-order valence-corrected chi connectivity index (χ0v) is 12.6. The highest BCUT2D eigenvalue weighted by Crippen LogP contribution is 2.07. The Labute approximate surface area is 130 Å². The third-order valence-electron chi connectivity index (χ3n) is 3.21. The Morgan fingerprint density at radius 3 is 2.73 bits per heavy atom. The molecule has 0 saturated carbocycles. The molecule has 22 heavy (non-hydrogen) atoms. The number of nitrogens with zero attached hydrogens (tertiary/aromatic N) is 2. The second-order valence-electron chi connectivity index (χ2n) is 5.10. The molecule has 0 bridgehead atoms. The second kappa shape index (κ2) is 8.10. The maximum Gasteiger partial charge on any atom is 0.246 e. The van der Waals surface area contributed by atoms with Crippen LogP contribution < -0.4 is 0 Å². The molecule has 1 N–H and O–H groups in total. The van der Waals surface area contributed by atoms with Crippen LogP contribution >= 0.6 is 0 Å². The molecule has 2 rings (SSSR count). The molecule has 2 aromatic rings. The molecule has 1 aromatic carbocycles. The van der Waals surface area contributed by atoms with Crippen molar-refractivity contribution in [1.29, 1.82) is 0 Å². The molecule has 1 amide bonds. The van der Waals surface area contributed by atoms with Crippen LogP contribution in [0.2, 0.25) is 0 Å². The summed E-state index contributed by atoms with van der Waals surface area (Å²) in [4.78, 5) is 18.0. The Kier molecular flexibility index (Phi) is 5.86. The van der Waals surface area contributed by atoms with Gasteiger partial charge in [-0.05, 0) is 35.8 Å². The van der Waals surface area contributed by atoms with Crippen molar-refractivity contribution in [1.82, 2.24) is 9.88 Å². The van der Waals surface area contributed by atoms with E-state index in [4.69, 9.17) is 5.11 Å². The molecule has 0 saturated heterocycles. The summed E-state index contributed by atoms with van der Waals surface area (Å²) in [5, 5.41) is 9.16. The molecular weight excluding hydrogens is 276 g/mol. The molecule has 0 radical (unpaired) electrons. The van der Waals surface area contributed by atoms with E-state index >= 15 is 0 Å². The fourth-order valence-electron chi connectivity index (χ4n) is 2.13. The van der Waals surface area contributed by atoms with Gasteiger partial charge in [-0.1, -0.05) is 30.3 Å². The van der Waals surface area contributed by atoms with Crippen LogP contribution in [0, 0.1) is 6.92 Å². The summed E-state index contributed by atoms with van der Waals surface area (Å²) < 4.78 is 0. The van der Waals surface area contributed by atoms with E-state index < -0.39 is 0 Å². The number of carbonyl (C=O) groups is 1. The van der Waals surface area contributed by atoms with Crippen LogP contribution in [0.4, 0.5) is 0 Å². The van der Waals surface area contributed by atoms with E-state index in [-0.39, 0.29) is 12.5 Å². The van der Waals surface area contributed by atoms with Crippen LogP contribution in [-0.4, -0.2) is 34.0 Å². The summed E-state index contributed by atoms with van der Waals surface area (Å²) in [7, 11) is 0. The van der Waals surface area contributed by atoms with E-state index in [0.29, 0.717) is 13.1 Å². The van der Waals surface area contributed by atoms with Crippen molar-refractivity contribution in [2.24, 2.45) is 0 Å². The van der Waals surface area contributed by atoms with Crippen molar-refractivity contribution >= 4 is 12.0 Å². The molecule has 0 unspecified atom stereocenters. The van der Waals surface area contributed by atoms with Crippen molar-refractivity contribution < 1.29 is 9.90 Å². The Bertz CT molecular complexity index is 639. The predicted molar refractivity (Wildman–Crippen MR) is 87.0 cm³/mol. The summed E-state index contributed by atoms with van der Waals surface area (Å²) >= 11 is 0. The molecular formula is C18H20N2O2. The Morgan fingerprint density at radius 2 is 2.05 bits per heavy atom. The van der Waals surface area contributed by atoms with Gasteiger partial charge < -0.3 is 10.0 Å². The lowest BCUT2D eigenvalue weighted by Crippen LogP contribution is -2.31. The average Bonchev–Trinajstić information content (AvgIpc) is 2.53. The number of benzene rings is 1. The van der Waals surface area contributed by atoms with Gasteiger partial charge in [0.05, 0.1) is 6.61 Å². The monoisotopic (exact) mass is 296 g/mol. The van der Waals surface area contributed by atoms with Crippen LogP contribution in [0.3, 0.4) is 0 Å². The summed E-state index contributed by atoms with van der Waals surface area (Å²) in [5.41, 5.74) is 2.97. The smallest absolute Gasteiger partial charge is 0.246 e. The molecule has 4 heteroatoms. The number of rotatable bonds is 6. The largest absolute Gasteiger partial charge is 0.395 e. The van der Waals surface area contributed by atoms with Crippen molar-refractivity contribution in [3.05, 3.63) is 71.6 Å². The van der Waals surface area contributed by atoms with Gasteiger partial charge >= 0.3 is 0 Å². The van der Waals surface area contributed by atoms with Crippen molar-refractivity contribution in [2.45, 2.75) is 13.5 Å². The first-order valence-electron chi connectivity index (χ1n) is 7.22. The van der Waals surface area contributed by atoms with E-state index in [1.807, 2.05) is 43.3 Å². The topological polar surface area (TPSA) is 53.4 Å². The van der Waals surface area contributed by atoms with E-state index in [0.717, 1.165) is 16.7 Å². The SMILES string of the molecule is Cc1cncc(/C=C/C(=O)N(CCO)Cc2ccccc2)c1. The Morgan fingerprint density at radius 1 is 1.27 bits per heavy atom. The number of amides is 1. The predicted octanol–water partition coefficient (Wildman–Crippen LogP) is 2.42. The number of aromatic nitrogens is 1. The maximum absolute atomic E-state index is 12.3. The number of pyridine rings is 1. The molecule has 1 aromatic heterocycles. The molecule has 0 atom stereocenters. The number of hydrogen-bond donors (Lipinski definition) is 1. The molecule has 114 valence electrons. The van der Waals surface area contributed by atoms with Gasteiger partial charge in [-0.25, -0.2) is 0 Å². The standard InChI is InChI=1S/C18H20N2O2/c1-15-11-17(13-19-12-15)7-8-18(22)20(9-10-21)14-16-5-3-2-4-6-16/h2-8,11-13,21H,9-10,14H2,1H3/b8-7+. The summed E-state index contributed by atoms with van der Waals surface area (Å²) in [6.45, 7) is 2.69. The zero-order valence-electron chi connectivity index (χ0n) is 12.6. The molecule has 4 nitrogen and oxygen atoms in total. The van der Waals surface area contributed by atoms with Gasteiger partial charge in [0, 0.05) is 31.6 Å². The lowest BCUT2D eigenvalue weighted by atomic mass is 10.2. The minimum absolute atomic E-state index is 0.0571. The molecule has 1 heterocycles. The van der Waals surface area contributed by atoms with Gasteiger partial charge in [-0.3, -0.25) is 9.78 Å². The van der Waals surface area contributed by atoms with E-state index in [2.05, 4.69) is 4.98 Å². The average molecular weight is 296 g/mol. The highest BCUT2D eigenvalue weighted by molar-refractivity contribution is 5.91. The first kappa shape index (κ1) is 15.9. The highest BCUT2D eigenvalue weighted by Gasteiger charge is 2.10. The fraction of sp³-hybridized carbons (Fsp3) is 0.222. The van der Waals surface area contributed by atoms with Gasteiger partial charge in [0.15, 0.2) is 0 Å². The molecule has 0 fully saturated rings. The normalized spacial score (nSPS) is 10.8. The summed E-state index contributed by atoms with van der Waals surface area (Å²) in [5.74, 6) is -0.126. The van der Waals surface area contributed by atoms with Crippen molar-refractivity contribution in [2.75, 3.05) is 13.2 Å². The quantitative estimate of drug-likeness (QED) is 0.833. The van der Waals surface area contributed by atoms with Crippen molar-refractivity contribution in [3.63, 3.8) is 0 Å². The third kappa shape index (κ3) is 4.82. The lowest BCUT2D eigenvalue weighted by molar-refractivity contribution is -0.127. The van der Waals surface area contributed by atoms with E-state index in [9.17, 15) is 4.79 Å². The molecule has 0 spiro atoms. The van der Waals surface area contributed by atoms with Crippen LogP contribution in [0.25, 0.3) is 6.08 Å². The highest BCUT2D eigenvalue weighted by atomic mass is 16.3. The molecule has 0 aliphatic rings. The van der Waals surface area contributed by atoms with Crippen LogP contribution in [0.1, 0.15) is 16.7 Å². The molecule has 0 aliphatic heterocycles. The number of aryl methyl sites for hydroxylation is 1. The van der Waals surface area contributed by atoms with Crippen LogP contribution in [0.15, 0.2) is 54.9 Å². The zero-order chi connectivity index (χ0) is 15.8.